The van der Waals surface area contributed by atoms with Gasteiger partial charge >= 0.3 is 12.1 Å². The molecule has 1 amide bonds. The van der Waals surface area contributed by atoms with Gasteiger partial charge in [0.1, 0.15) is 29.9 Å². The minimum Gasteiger partial charge on any atom is -0.508 e. The Hall–Kier alpha value is -4.78. The van der Waals surface area contributed by atoms with Gasteiger partial charge in [-0.3, -0.25) is 0 Å². The number of hydrogen-bond donors (Lipinski definition) is 3. The van der Waals surface area contributed by atoms with Gasteiger partial charge < -0.3 is 25.0 Å². The first-order chi connectivity index (χ1) is 18.0. The van der Waals surface area contributed by atoms with E-state index >= 15 is 0 Å². The quantitative estimate of drug-likeness (QED) is 0.289. The zero-order valence-electron chi connectivity index (χ0n) is 19.8. The van der Waals surface area contributed by atoms with E-state index in [1.54, 1.807) is 36.4 Å². The number of carboxylic acids is 1. The largest absolute Gasteiger partial charge is 0.508 e. The van der Waals surface area contributed by atoms with Gasteiger partial charge in [-0.25, -0.2) is 9.59 Å². The molecule has 7 heteroatoms. The number of carboxylic acid groups (broad SMARTS) is 1. The highest BCUT2D eigenvalue weighted by atomic mass is 16.5. The number of carbonyl (C=O) groups excluding carboxylic acids is 1. The van der Waals surface area contributed by atoms with Crippen molar-refractivity contribution in [1.82, 2.24) is 5.32 Å². The van der Waals surface area contributed by atoms with E-state index in [0.29, 0.717) is 17.1 Å². The van der Waals surface area contributed by atoms with Crippen LogP contribution in [-0.4, -0.2) is 34.9 Å². The van der Waals surface area contributed by atoms with Gasteiger partial charge in [-0.2, -0.15) is 0 Å². The van der Waals surface area contributed by atoms with Crippen molar-refractivity contribution in [3.05, 3.63) is 114 Å². The summed E-state index contributed by atoms with van der Waals surface area (Å²) in [5.41, 5.74) is 5.12. The van der Waals surface area contributed by atoms with Crippen molar-refractivity contribution in [1.29, 1.82) is 0 Å². The molecule has 0 aromatic heterocycles. The zero-order chi connectivity index (χ0) is 25.8. The minimum atomic E-state index is -1.15. The average Bonchev–Trinajstić information content (AvgIpc) is 3.23. The van der Waals surface area contributed by atoms with Crippen molar-refractivity contribution in [2.75, 3.05) is 6.61 Å². The van der Waals surface area contributed by atoms with E-state index in [2.05, 4.69) is 17.4 Å². The summed E-state index contributed by atoms with van der Waals surface area (Å²) in [7, 11) is 0. The number of phenolic OH excluding ortho intramolecular Hbond substituents is 1. The third-order valence-electron chi connectivity index (χ3n) is 6.37. The number of hydrogen-bond acceptors (Lipinski definition) is 5. The zero-order valence-corrected chi connectivity index (χ0v) is 19.8. The lowest BCUT2D eigenvalue weighted by Gasteiger charge is -2.17. The van der Waals surface area contributed by atoms with Crippen LogP contribution in [0.3, 0.4) is 0 Å². The van der Waals surface area contributed by atoms with Crippen molar-refractivity contribution < 1.29 is 29.3 Å². The summed E-state index contributed by atoms with van der Waals surface area (Å²) in [5.74, 6) is 0.00323. The molecule has 0 saturated heterocycles. The van der Waals surface area contributed by atoms with Gasteiger partial charge in [-0.15, -0.1) is 0 Å². The monoisotopic (exact) mass is 495 g/mol. The molecule has 1 unspecified atom stereocenters. The highest BCUT2D eigenvalue weighted by Crippen LogP contribution is 2.44. The molecule has 4 aromatic carbocycles. The summed E-state index contributed by atoms with van der Waals surface area (Å²) < 4.78 is 11.2. The molecular weight excluding hydrogens is 470 g/mol. The molecule has 0 heterocycles. The van der Waals surface area contributed by atoms with Gasteiger partial charge in [0.15, 0.2) is 0 Å². The van der Waals surface area contributed by atoms with E-state index in [4.69, 9.17) is 9.47 Å². The second kappa shape index (κ2) is 10.5. The summed E-state index contributed by atoms with van der Waals surface area (Å²) in [6.45, 7) is 0.107. The van der Waals surface area contributed by atoms with Crippen LogP contribution in [0.4, 0.5) is 4.79 Å². The first-order valence-corrected chi connectivity index (χ1v) is 11.9. The molecule has 0 fully saturated rings. The summed E-state index contributed by atoms with van der Waals surface area (Å²) in [5, 5.41) is 21.5. The molecule has 0 aliphatic heterocycles. The smallest absolute Gasteiger partial charge is 0.407 e. The topological polar surface area (TPSA) is 105 Å². The number of rotatable bonds is 8. The molecule has 0 spiro atoms. The Morgan fingerprint density at radius 2 is 1.32 bits per heavy atom. The number of alkyl carbamates (subject to hydrolysis) is 1. The first kappa shape index (κ1) is 23.9. The Labute approximate surface area is 213 Å². The summed E-state index contributed by atoms with van der Waals surface area (Å²) in [6.07, 6.45) is -0.694. The van der Waals surface area contributed by atoms with E-state index in [1.165, 1.54) is 12.1 Å². The van der Waals surface area contributed by atoms with Crippen molar-refractivity contribution in [2.24, 2.45) is 0 Å². The number of aromatic hydroxyl groups is 1. The second-order valence-corrected chi connectivity index (χ2v) is 8.80. The van der Waals surface area contributed by atoms with E-state index in [1.807, 2.05) is 36.4 Å². The molecule has 3 N–H and O–H groups in total. The predicted molar refractivity (Wildman–Crippen MR) is 138 cm³/mol. The molecule has 186 valence electrons. The lowest BCUT2D eigenvalue weighted by Crippen LogP contribution is -2.42. The van der Waals surface area contributed by atoms with Crippen LogP contribution in [0.2, 0.25) is 0 Å². The number of ether oxygens (including phenoxy) is 2. The van der Waals surface area contributed by atoms with E-state index in [-0.39, 0.29) is 24.7 Å². The van der Waals surface area contributed by atoms with Crippen LogP contribution in [0.15, 0.2) is 97.1 Å². The fourth-order valence-electron chi connectivity index (χ4n) is 4.56. The van der Waals surface area contributed by atoms with Crippen LogP contribution in [0.1, 0.15) is 22.6 Å². The Balaban J connectivity index is 1.19. The maximum Gasteiger partial charge on any atom is 0.407 e. The van der Waals surface area contributed by atoms with Gasteiger partial charge in [-0.05, 0) is 64.2 Å². The number of aliphatic carboxylic acids is 1. The molecular formula is C30H25NO6. The fraction of sp³-hybridized carbons (Fsp3) is 0.133. The van der Waals surface area contributed by atoms with Crippen molar-refractivity contribution in [2.45, 2.75) is 18.4 Å². The SMILES string of the molecule is O=C(NC(Cc1ccc(Oc2ccc(O)cc2)cc1)C(=O)O)OCC1c2ccccc2-c2ccccc21. The van der Waals surface area contributed by atoms with E-state index in [0.717, 1.165) is 22.3 Å². The Morgan fingerprint density at radius 1 is 0.784 bits per heavy atom. The molecule has 1 aliphatic carbocycles. The Kier molecular flexibility index (Phi) is 6.76. The van der Waals surface area contributed by atoms with Crippen LogP contribution in [0, 0.1) is 0 Å². The van der Waals surface area contributed by atoms with Gasteiger partial charge in [-0.1, -0.05) is 60.7 Å². The average molecular weight is 496 g/mol. The summed E-state index contributed by atoms with van der Waals surface area (Å²) in [4.78, 5) is 24.4. The van der Waals surface area contributed by atoms with Crippen LogP contribution >= 0.6 is 0 Å². The standard InChI is InChI=1S/C30H25NO6/c32-20-11-15-22(16-12-20)37-21-13-9-19(10-14-21)17-28(29(33)34)31-30(35)36-18-27-25-7-3-1-5-23(25)24-6-2-4-8-26(24)27/h1-16,27-28,32H,17-18H2,(H,31,35)(H,33,34). The first-order valence-electron chi connectivity index (χ1n) is 11.9. The van der Waals surface area contributed by atoms with Gasteiger partial charge in [0, 0.05) is 12.3 Å². The lowest BCUT2D eigenvalue weighted by molar-refractivity contribution is -0.139. The third kappa shape index (κ3) is 5.41. The number of benzene rings is 4. The number of amides is 1. The predicted octanol–water partition coefficient (Wildman–Crippen LogP) is 5.72. The molecule has 0 bridgehead atoms. The summed E-state index contributed by atoms with van der Waals surface area (Å²) in [6, 6.07) is 28.1. The molecule has 1 atom stereocenters. The highest BCUT2D eigenvalue weighted by molar-refractivity contribution is 5.81. The van der Waals surface area contributed by atoms with Gasteiger partial charge in [0.25, 0.3) is 0 Å². The molecule has 5 rings (SSSR count). The van der Waals surface area contributed by atoms with Crippen molar-refractivity contribution in [3.63, 3.8) is 0 Å². The van der Waals surface area contributed by atoms with E-state index in [9.17, 15) is 19.8 Å². The second-order valence-electron chi connectivity index (χ2n) is 8.80. The third-order valence-corrected chi connectivity index (χ3v) is 6.37. The highest BCUT2D eigenvalue weighted by Gasteiger charge is 2.29. The molecule has 1 aliphatic rings. The van der Waals surface area contributed by atoms with Crippen LogP contribution < -0.4 is 10.1 Å². The van der Waals surface area contributed by atoms with Crippen molar-refractivity contribution in [3.8, 4) is 28.4 Å². The fourth-order valence-corrected chi connectivity index (χ4v) is 4.56. The van der Waals surface area contributed by atoms with E-state index < -0.39 is 18.1 Å². The summed E-state index contributed by atoms with van der Waals surface area (Å²) >= 11 is 0. The maximum atomic E-state index is 12.6. The van der Waals surface area contributed by atoms with Gasteiger partial charge in [0.05, 0.1) is 0 Å². The van der Waals surface area contributed by atoms with Crippen LogP contribution in [0.5, 0.6) is 17.2 Å². The van der Waals surface area contributed by atoms with Crippen LogP contribution in [0.25, 0.3) is 11.1 Å². The minimum absolute atomic E-state index is 0.0824. The Morgan fingerprint density at radius 3 is 1.89 bits per heavy atom. The lowest BCUT2D eigenvalue weighted by atomic mass is 9.98. The number of nitrogens with one attached hydrogen (secondary N) is 1. The number of fused-ring (bicyclic) bond motifs is 3. The van der Waals surface area contributed by atoms with Gasteiger partial charge in [0.2, 0.25) is 0 Å². The molecule has 7 nitrogen and oxygen atoms in total. The number of carbonyl (C=O) groups is 2. The normalized spacial score (nSPS) is 12.8. The van der Waals surface area contributed by atoms with Crippen molar-refractivity contribution >= 4 is 12.1 Å². The molecule has 37 heavy (non-hydrogen) atoms. The molecule has 0 radical (unpaired) electrons. The molecule has 0 saturated carbocycles. The maximum absolute atomic E-state index is 12.6. The molecule has 4 aromatic rings. The number of phenols is 1. The van der Waals surface area contributed by atoms with Crippen LogP contribution in [-0.2, 0) is 16.0 Å². The Bertz CT molecular complexity index is 1370.